The average Bonchev–Trinajstić information content (AvgIpc) is 2.85. The van der Waals surface area contributed by atoms with Crippen molar-refractivity contribution < 1.29 is 14.4 Å². The molecule has 2 heterocycles. The first-order valence-electron chi connectivity index (χ1n) is 10.7. The smallest absolute Gasteiger partial charge is 0.319 e. The summed E-state index contributed by atoms with van der Waals surface area (Å²) in [4.78, 5) is 47.3. The van der Waals surface area contributed by atoms with Crippen LogP contribution in [0.25, 0.3) is 0 Å². The number of nitrogens with zero attached hydrogens (tertiary/aromatic N) is 3. The van der Waals surface area contributed by atoms with Gasteiger partial charge in [-0.25, -0.2) is 14.8 Å². The summed E-state index contributed by atoms with van der Waals surface area (Å²) in [7, 11) is 0. The Morgan fingerprint density at radius 3 is 2.59 bits per heavy atom. The van der Waals surface area contributed by atoms with Gasteiger partial charge in [-0.3, -0.25) is 9.59 Å². The van der Waals surface area contributed by atoms with Gasteiger partial charge in [-0.05, 0) is 66.2 Å². The van der Waals surface area contributed by atoms with Crippen LogP contribution in [0.4, 0.5) is 10.5 Å². The fourth-order valence-corrected chi connectivity index (χ4v) is 4.20. The zero-order valence-electron chi connectivity index (χ0n) is 18.6. The van der Waals surface area contributed by atoms with E-state index in [2.05, 4.69) is 25.9 Å². The number of amides is 4. The molecule has 1 fully saturated rings. The third-order valence-electron chi connectivity index (χ3n) is 5.18. The molecule has 174 valence electrons. The molecule has 0 bridgehead atoms. The summed E-state index contributed by atoms with van der Waals surface area (Å²) < 4.78 is 0. The molecule has 0 saturated carbocycles. The van der Waals surface area contributed by atoms with Crippen molar-refractivity contribution in [1.29, 1.82) is 0 Å². The number of rotatable bonds is 6. The minimum atomic E-state index is -0.325. The number of nitrogens with one attached hydrogen (secondary N) is 3. The molecule has 2 aromatic carbocycles. The zero-order chi connectivity index (χ0) is 23.9. The van der Waals surface area contributed by atoms with Crippen LogP contribution < -0.4 is 16.0 Å². The number of carbonyl (C=O) groups is 3. The molecule has 4 rings (SSSR count). The van der Waals surface area contributed by atoms with E-state index in [1.807, 2.05) is 25.1 Å². The van der Waals surface area contributed by atoms with E-state index in [1.165, 1.54) is 16.7 Å². The number of aromatic nitrogens is 2. The van der Waals surface area contributed by atoms with Crippen molar-refractivity contribution in [2.75, 3.05) is 25.0 Å². The van der Waals surface area contributed by atoms with Crippen LogP contribution in [-0.2, 0) is 11.3 Å². The van der Waals surface area contributed by atoms with Crippen molar-refractivity contribution in [3.8, 4) is 0 Å². The summed E-state index contributed by atoms with van der Waals surface area (Å²) >= 11 is 1.45. The molecule has 4 amide bonds. The Labute approximate surface area is 201 Å². The second-order valence-corrected chi connectivity index (χ2v) is 8.73. The van der Waals surface area contributed by atoms with Crippen molar-refractivity contribution in [3.63, 3.8) is 0 Å². The van der Waals surface area contributed by atoms with Crippen LogP contribution >= 0.6 is 11.8 Å². The lowest BCUT2D eigenvalue weighted by atomic mass is 10.1. The number of carbonyl (C=O) groups excluding carboxylic acids is 3. The molecule has 1 saturated heterocycles. The van der Waals surface area contributed by atoms with E-state index < -0.39 is 0 Å². The van der Waals surface area contributed by atoms with E-state index in [4.69, 9.17) is 0 Å². The van der Waals surface area contributed by atoms with Crippen LogP contribution in [0.2, 0.25) is 0 Å². The Bertz CT molecular complexity index is 1190. The van der Waals surface area contributed by atoms with Gasteiger partial charge in [-0.15, -0.1) is 0 Å². The molecule has 34 heavy (non-hydrogen) atoms. The first-order chi connectivity index (χ1) is 16.5. The van der Waals surface area contributed by atoms with Crippen LogP contribution in [-0.4, -0.2) is 52.3 Å². The van der Waals surface area contributed by atoms with E-state index in [0.29, 0.717) is 36.0 Å². The predicted molar refractivity (Wildman–Crippen MR) is 129 cm³/mol. The maximum absolute atomic E-state index is 12.5. The van der Waals surface area contributed by atoms with Crippen LogP contribution in [0, 0.1) is 6.92 Å². The topological polar surface area (TPSA) is 116 Å². The molecule has 1 aliphatic heterocycles. The Balaban J connectivity index is 1.28. The molecular weight excluding hydrogens is 452 g/mol. The summed E-state index contributed by atoms with van der Waals surface area (Å²) in [5.74, 6) is -0.330. The molecule has 1 aliphatic rings. The van der Waals surface area contributed by atoms with Gasteiger partial charge in [-0.2, -0.15) is 0 Å². The average molecular weight is 477 g/mol. The number of anilines is 1. The molecule has 0 unspecified atom stereocenters. The van der Waals surface area contributed by atoms with Gasteiger partial charge in [0.05, 0.1) is 6.54 Å². The van der Waals surface area contributed by atoms with Crippen molar-refractivity contribution in [2.24, 2.45) is 0 Å². The Morgan fingerprint density at radius 1 is 1.12 bits per heavy atom. The molecule has 0 radical (unpaired) electrons. The standard InChI is InChI=1S/C24H24N6O3S/c1-16-13-19(34-24-26-9-2-10-27-24)7-8-20(16)29-23(33)28-14-17-3-5-18(6-4-17)22(32)30-12-11-25-21(31)15-30/h2-10,13H,11-12,14-15H2,1H3,(H,25,31)(H2,28,29,33). The Morgan fingerprint density at radius 2 is 1.88 bits per heavy atom. The lowest BCUT2D eigenvalue weighted by Gasteiger charge is -2.26. The molecule has 0 atom stereocenters. The molecule has 9 nitrogen and oxygen atoms in total. The second kappa shape index (κ2) is 10.8. The second-order valence-electron chi connectivity index (χ2n) is 7.69. The van der Waals surface area contributed by atoms with Gasteiger partial charge in [0.25, 0.3) is 5.91 Å². The third kappa shape index (κ3) is 6.10. The molecule has 3 aromatic rings. The fraction of sp³-hybridized carbons (Fsp3) is 0.208. The monoisotopic (exact) mass is 476 g/mol. The predicted octanol–water partition coefficient (Wildman–Crippen LogP) is 2.83. The quantitative estimate of drug-likeness (QED) is 0.471. The number of aryl methyl sites for hydroxylation is 1. The summed E-state index contributed by atoms with van der Waals surface area (Å²) in [5, 5.41) is 9.05. The SMILES string of the molecule is Cc1cc(Sc2ncccn2)ccc1NC(=O)NCc1ccc(C(=O)N2CCNC(=O)C2)cc1. The van der Waals surface area contributed by atoms with Crippen LogP contribution in [0.15, 0.2) is 71.0 Å². The lowest BCUT2D eigenvalue weighted by Crippen LogP contribution is -2.49. The molecule has 0 aliphatic carbocycles. The van der Waals surface area contributed by atoms with Gasteiger partial charge in [0.15, 0.2) is 5.16 Å². The summed E-state index contributed by atoms with van der Waals surface area (Å²) in [6, 6.07) is 14.2. The fourth-order valence-electron chi connectivity index (χ4n) is 3.39. The number of benzene rings is 2. The highest BCUT2D eigenvalue weighted by Gasteiger charge is 2.22. The van der Waals surface area contributed by atoms with E-state index in [9.17, 15) is 14.4 Å². The highest BCUT2D eigenvalue weighted by atomic mass is 32.2. The van der Waals surface area contributed by atoms with Crippen molar-refractivity contribution in [2.45, 2.75) is 23.5 Å². The molecule has 3 N–H and O–H groups in total. The first-order valence-corrected chi connectivity index (χ1v) is 11.5. The molecule has 10 heteroatoms. The first kappa shape index (κ1) is 23.2. The van der Waals surface area contributed by atoms with Crippen LogP contribution in [0.5, 0.6) is 0 Å². The number of hydrogen-bond acceptors (Lipinski definition) is 6. The number of urea groups is 1. The van der Waals surface area contributed by atoms with Crippen LogP contribution in [0.3, 0.4) is 0 Å². The minimum absolute atomic E-state index is 0.0709. The highest BCUT2D eigenvalue weighted by Crippen LogP contribution is 2.27. The number of hydrogen-bond donors (Lipinski definition) is 3. The molecule has 0 spiro atoms. The largest absolute Gasteiger partial charge is 0.353 e. The highest BCUT2D eigenvalue weighted by molar-refractivity contribution is 7.99. The van der Waals surface area contributed by atoms with E-state index in [-0.39, 0.29) is 24.4 Å². The molecule has 1 aromatic heterocycles. The van der Waals surface area contributed by atoms with Crippen LogP contribution in [0.1, 0.15) is 21.5 Å². The van der Waals surface area contributed by atoms with Gasteiger partial charge >= 0.3 is 6.03 Å². The summed E-state index contributed by atoms with van der Waals surface area (Å²) in [5.41, 5.74) is 3.00. The summed E-state index contributed by atoms with van der Waals surface area (Å²) in [6.07, 6.45) is 3.39. The van der Waals surface area contributed by atoms with E-state index in [0.717, 1.165) is 16.0 Å². The Hall–Kier alpha value is -3.92. The zero-order valence-corrected chi connectivity index (χ0v) is 19.4. The lowest BCUT2D eigenvalue weighted by molar-refractivity contribution is -0.123. The molecular formula is C24H24N6O3S. The minimum Gasteiger partial charge on any atom is -0.353 e. The van der Waals surface area contributed by atoms with Gasteiger partial charge in [0, 0.05) is 48.2 Å². The van der Waals surface area contributed by atoms with Gasteiger partial charge in [0.2, 0.25) is 5.91 Å². The van der Waals surface area contributed by atoms with Gasteiger partial charge in [0.1, 0.15) is 0 Å². The Kier molecular flexibility index (Phi) is 7.38. The van der Waals surface area contributed by atoms with Crippen molar-refractivity contribution >= 4 is 35.3 Å². The summed E-state index contributed by atoms with van der Waals surface area (Å²) in [6.45, 7) is 3.26. The van der Waals surface area contributed by atoms with E-state index in [1.54, 1.807) is 42.7 Å². The van der Waals surface area contributed by atoms with E-state index >= 15 is 0 Å². The number of piperazine rings is 1. The van der Waals surface area contributed by atoms with Gasteiger partial charge in [-0.1, -0.05) is 12.1 Å². The van der Waals surface area contributed by atoms with Crippen molar-refractivity contribution in [1.82, 2.24) is 25.5 Å². The maximum atomic E-state index is 12.5. The van der Waals surface area contributed by atoms with Crippen molar-refractivity contribution in [3.05, 3.63) is 77.6 Å². The third-order valence-corrected chi connectivity index (χ3v) is 6.06. The normalized spacial score (nSPS) is 13.2. The van der Waals surface area contributed by atoms with Gasteiger partial charge < -0.3 is 20.9 Å². The maximum Gasteiger partial charge on any atom is 0.319 e.